The lowest BCUT2D eigenvalue weighted by molar-refractivity contribution is 0.102. The molecular formula is C12H11ClN4O. The molecule has 0 saturated heterocycles. The van der Waals surface area contributed by atoms with Crippen molar-refractivity contribution in [2.75, 3.05) is 11.1 Å². The Hall–Kier alpha value is -2.14. The summed E-state index contributed by atoms with van der Waals surface area (Å²) in [5.74, 6) is 0.0877. The molecule has 0 unspecified atom stereocenters. The maximum Gasteiger partial charge on any atom is 0.257 e. The van der Waals surface area contributed by atoms with Crippen molar-refractivity contribution in [3.8, 4) is 0 Å². The number of nitrogen functional groups attached to an aromatic ring is 1. The van der Waals surface area contributed by atoms with Crippen molar-refractivity contribution in [3.63, 3.8) is 0 Å². The molecule has 0 aliphatic rings. The fourth-order valence-corrected chi connectivity index (χ4v) is 1.61. The third-order valence-electron chi connectivity index (χ3n) is 2.37. The van der Waals surface area contributed by atoms with Crippen LogP contribution in [0.5, 0.6) is 0 Å². The zero-order chi connectivity index (χ0) is 13.1. The lowest BCUT2D eigenvalue weighted by atomic mass is 10.1. The van der Waals surface area contributed by atoms with Crippen LogP contribution in [0.3, 0.4) is 0 Å². The summed E-state index contributed by atoms with van der Waals surface area (Å²) >= 11 is 5.61. The van der Waals surface area contributed by atoms with Crippen LogP contribution in [0.25, 0.3) is 0 Å². The van der Waals surface area contributed by atoms with Crippen molar-refractivity contribution in [1.29, 1.82) is 0 Å². The van der Waals surface area contributed by atoms with E-state index in [-0.39, 0.29) is 11.1 Å². The van der Waals surface area contributed by atoms with Gasteiger partial charge in [0.1, 0.15) is 0 Å². The van der Waals surface area contributed by atoms with Gasteiger partial charge in [0.15, 0.2) is 11.0 Å². The van der Waals surface area contributed by atoms with E-state index < -0.39 is 0 Å². The topological polar surface area (TPSA) is 80.9 Å². The molecular weight excluding hydrogens is 252 g/mol. The Labute approximate surface area is 109 Å². The summed E-state index contributed by atoms with van der Waals surface area (Å²) in [7, 11) is 0. The molecule has 5 nitrogen and oxygen atoms in total. The summed E-state index contributed by atoms with van der Waals surface area (Å²) in [6.07, 6.45) is 0. The summed E-state index contributed by atoms with van der Waals surface area (Å²) < 4.78 is 0. The van der Waals surface area contributed by atoms with Gasteiger partial charge in [-0.3, -0.25) is 4.79 Å². The molecule has 0 spiro atoms. The van der Waals surface area contributed by atoms with E-state index in [0.29, 0.717) is 17.1 Å². The smallest absolute Gasteiger partial charge is 0.257 e. The molecule has 2 rings (SSSR count). The highest BCUT2D eigenvalue weighted by molar-refractivity contribution is 6.29. The number of aryl methyl sites for hydroxylation is 1. The lowest BCUT2D eigenvalue weighted by Crippen LogP contribution is -2.14. The van der Waals surface area contributed by atoms with Gasteiger partial charge in [0.25, 0.3) is 5.91 Å². The number of carbonyl (C=O) groups excluding carboxylic acids is 1. The number of hydrogen-bond acceptors (Lipinski definition) is 4. The maximum absolute atomic E-state index is 12.0. The van der Waals surface area contributed by atoms with Crippen LogP contribution < -0.4 is 11.1 Å². The number of halogens is 1. The Morgan fingerprint density at radius 3 is 2.67 bits per heavy atom. The van der Waals surface area contributed by atoms with Crippen LogP contribution >= 0.6 is 11.6 Å². The van der Waals surface area contributed by atoms with Crippen molar-refractivity contribution in [3.05, 3.63) is 46.6 Å². The maximum atomic E-state index is 12.0. The fraction of sp³-hybridized carbons (Fsp3) is 0.0833. The van der Waals surface area contributed by atoms with Gasteiger partial charge in [-0.15, -0.1) is 10.2 Å². The van der Waals surface area contributed by atoms with Gasteiger partial charge in [0.2, 0.25) is 0 Å². The van der Waals surface area contributed by atoms with Crippen LogP contribution in [0, 0.1) is 6.92 Å². The molecule has 1 aromatic heterocycles. The molecule has 6 heteroatoms. The Kier molecular flexibility index (Phi) is 3.43. The Bertz CT molecular complexity index is 583. The van der Waals surface area contributed by atoms with Gasteiger partial charge in [-0.2, -0.15) is 0 Å². The van der Waals surface area contributed by atoms with Crippen LogP contribution in [0.4, 0.5) is 11.5 Å². The van der Waals surface area contributed by atoms with E-state index in [4.69, 9.17) is 17.3 Å². The van der Waals surface area contributed by atoms with Gasteiger partial charge >= 0.3 is 0 Å². The second kappa shape index (κ2) is 5.01. The molecule has 0 atom stereocenters. The predicted octanol–water partition coefficient (Wildman–Crippen LogP) is 2.27. The van der Waals surface area contributed by atoms with Gasteiger partial charge < -0.3 is 11.1 Å². The van der Waals surface area contributed by atoms with Crippen molar-refractivity contribution in [2.45, 2.75) is 6.92 Å². The first-order chi connectivity index (χ1) is 8.56. The van der Waals surface area contributed by atoms with Crippen LogP contribution in [0.15, 0.2) is 30.3 Å². The number of anilines is 2. The minimum Gasteiger partial charge on any atom is -0.399 e. The molecule has 0 aliphatic heterocycles. The molecule has 1 amide bonds. The summed E-state index contributed by atoms with van der Waals surface area (Å²) in [5, 5.41) is 10.3. The molecule has 0 saturated carbocycles. The van der Waals surface area contributed by atoms with Crippen molar-refractivity contribution in [2.24, 2.45) is 0 Å². The molecule has 0 aliphatic carbocycles. The number of nitrogens with two attached hydrogens (primary N) is 1. The molecule has 1 aromatic carbocycles. The number of rotatable bonds is 2. The highest BCUT2D eigenvalue weighted by Crippen LogP contribution is 2.14. The second-order valence-corrected chi connectivity index (χ2v) is 4.16. The summed E-state index contributed by atoms with van der Waals surface area (Å²) in [6, 6.07) is 8.22. The fourth-order valence-electron chi connectivity index (χ4n) is 1.51. The number of nitrogens with zero attached hydrogens (tertiary/aromatic N) is 2. The largest absolute Gasteiger partial charge is 0.399 e. The third-order valence-corrected chi connectivity index (χ3v) is 2.57. The number of benzene rings is 1. The molecule has 0 fully saturated rings. The predicted molar refractivity (Wildman–Crippen MR) is 70.6 cm³/mol. The molecule has 18 heavy (non-hydrogen) atoms. The van der Waals surface area contributed by atoms with E-state index in [9.17, 15) is 4.79 Å². The number of hydrogen-bond donors (Lipinski definition) is 2. The first kappa shape index (κ1) is 12.3. The zero-order valence-corrected chi connectivity index (χ0v) is 10.4. The second-order valence-electron chi connectivity index (χ2n) is 3.77. The van der Waals surface area contributed by atoms with E-state index >= 15 is 0 Å². The normalized spacial score (nSPS) is 10.1. The monoisotopic (exact) mass is 262 g/mol. The quantitative estimate of drug-likeness (QED) is 0.814. The SMILES string of the molecule is Cc1cc(N)ccc1C(=O)Nc1ccc(Cl)nn1. The highest BCUT2D eigenvalue weighted by Gasteiger charge is 2.10. The van der Waals surface area contributed by atoms with Crippen molar-refractivity contribution < 1.29 is 4.79 Å². The van der Waals surface area contributed by atoms with E-state index in [1.54, 1.807) is 30.3 Å². The van der Waals surface area contributed by atoms with Crippen molar-refractivity contribution >= 4 is 29.0 Å². The molecule has 1 heterocycles. The first-order valence-electron chi connectivity index (χ1n) is 5.23. The highest BCUT2D eigenvalue weighted by atomic mass is 35.5. The van der Waals surface area contributed by atoms with E-state index in [1.165, 1.54) is 0 Å². The summed E-state index contributed by atoms with van der Waals surface area (Å²) in [6.45, 7) is 1.82. The zero-order valence-electron chi connectivity index (χ0n) is 9.64. The van der Waals surface area contributed by atoms with Crippen LogP contribution in [0.1, 0.15) is 15.9 Å². The number of aromatic nitrogens is 2. The molecule has 2 aromatic rings. The number of carbonyl (C=O) groups is 1. The minimum atomic E-state index is -0.260. The van der Waals surface area contributed by atoms with Gasteiger partial charge in [0, 0.05) is 11.3 Å². The van der Waals surface area contributed by atoms with E-state index in [0.717, 1.165) is 5.56 Å². The minimum absolute atomic E-state index is 0.260. The first-order valence-corrected chi connectivity index (χ1v) is 5.61. The lowest BCUT2D eigenvalue weighted by Gasteiger charge is -2.07. The summed E-state index contributed by atoms with van der Waals surface area (Å²) in [4.78, 5) is 12.0. The Morgan fingerprint density at radius 1 is 1.28 bits per heavy atom. The molecule has 0 bridgehead atoms. The van der Waals surface area contributed by atoms with Gasteiger partial charge in [-0.25, -0.2) is 0 Å². The third kappa shape index (κ3) is 2.75. The van der Waals surface area contributed by atoms with Gasteiger partial charge in [-0.05, 0) is 42.8 Å². The van der Waals surface area contributed by atoms with Crippen molar-refractivity contribution in [1.82, 2.24) is 10.2 Å². The summed E-state index contributed by atoms with van der Waals surface area (Å²) in [5.41, 5.74) is 7.59. The molecule has 92 valence electrons. The van der Waals surface area contributed by atoms with Crippen LogP contribution in [-0.4, -0.2) is 16.1 Å². The average molecular weight is 263 g/mol. The Morgan fingerprint density at radius 2 is 2.06 bits per heavy atom. The Balaban J connectivity index is 2.19. The van der Waals surface area contributed by atoms with Crippen LogP contribution in [-0.2, 0) is 0 Å². The van der Waals surface area contributed by atoms with Crippen LogP contribution in [0.2, 0.25) is 5.15 Å². The van der Waals surface area contributed by atoms with E-state index in [2.05, 4.69) is 15.5 Å². The standard InChI is InChI=1S/C12H11ClN4O/c1-7-6-8(14)2-3-9(7)12(18)15-11-5-4-10(13)16-17-11/h2-6H,14H2,1H3,(H,15,17,18). The van der Waals surface area contributed by atoms with Gasteiger partial charge in [-0.1, -0.05) is 11.6 Å². The average Bonchev–Trinajstić information content (AvgIpc) is 2.32. The van der Waals surface area contributed by atoms with Gasteiger partial charge in [0.05, 0.1) is 0 Å². The molecule has 0 radical (unpaired) electrons. The van der Waals surface area contributed by atoms with E-state index in [1.807, 2.05) is 6.92 Å². The molecule has 3 N–H and O–H groups in total. The number of nitrogens with one attached hydrogen (secondary N) is 1. The number of amides is 1.